The van der Waals surface area contributed by atoms with Gasteiger partial charge in [-0.05, 0) is 64.4 Å². The van der Waals surface area contributed by atoms with E-state index in [1.54, 1.807) is 12.1 Å². The second-order valence-electron chi connectivity index (χ2n) is 8.38. The summed E-state index contributed by atoms with van der Waals surface area (Å²) in [5.74, 6) is 0.470. The summed E-state index contributed by atoms with van der Waals surface area (Å²) in [7, 11) is -2.31. The molecule has 0 aliphatic heterocycles. The van der Waals surface area contributed by atoms with Crippen LogP contribution in [0.15, 0.2) is 90.0 Å². The lowest BCUT2D eigenvalue weighted by atomic mass is 10.1. The Morgan fingerprint density at radius 3 is 2.47 bits per heavy atom. The van der Waals surface area contributed by atoms with Crippen molar-refractivity contribution in [1.82, 2.24) is 5.43 Å². The summed E-state index contributed by atoms with van der Waals surface area (Å²) in [6.45, 7) is -0.0408. The number of carbonyl (C=O) groups excluding carboxylic acids is 1. The van der Waals surface area contributed by atoms with E-state index in [0.717, 1.165) is 32.5 Å². The molecule has 10 heteroatoms. The number of carbonyl (C=O) groups is 1. The highest BCUT2D eigenvalue weighted by Gasteiger charge is 2.21. The molecule has 196 valence electrons. The third-order valence-corrected chi connectivity index (χ3v) is 7.10. The largest absolute Gasteiger partial charge is 0.495 e. The zero-order valence-corrected chi connectivity index (χ0v) is 22.4. The average Bonchev–Trinajstić information content (AvgIpc) is 2.90. The molecule has 0 aromatic heterocycles. The van der Waals surface area contributed by atoms with E-state index in [4.69, 9.17) is 21.1 Å². The molecule has 0 aliphatic carbocycles. The maximum atomic E-state index is 12.4. The van der Waals surface area contributed by atoms with E-state index >= 15 is 0 Å². The fourth-order valence-corrected chi connectivity index (χ4v) is 4.88. The third-order valence-electron chi connectivity index (χ3n) is 5.67. The standard InChI is InChI=1S/C28H26ClN3O5S/c1-36-27-15-12-23(16-26(27)29)32(38(2,34)35)18-28(33)31-30-17-20-10-13-24(14-11-20)37-19-22-8-5-7-21-6-3-4-9-25(21)22/h3-17H,18-19H2,1-2H3,(H,31,33)/b30-17-. The second-order valence-corrected chi connectivity index (χ2v) is 10.7. The number of benzene rings is 4. The minimum atomic E-state index is -3.76. The van der Waals surface area contributed by atoms with Crippen LogP contribution >= 0.6 is 11.6 Å². The molecule has 0 heterocycles. The molecule has 4 rings (SSSR count). The predicted molar refractivity (Wildman–Crippen MR) is 151 cm³/mol. The first kappa shape index (κ1) is 27.0. The summed E-state index contributed by atoms with van der Waals surface area (Å²) < 4.78 is 36.6. The molecule has 4 aromatic rings. The predicted octanol–water partition coefficient (Wildman–Crippen LogP) is 5.00. The molecule has 0 aliphatic rings. The van der Waals surface area contributed by atoms with Crippen LogP contribution in [0.4, 0.5) is 5.69 Å². The van der Waals surface area contributed by atoms with Crippen LogP contribution in [-0.2, 0) is 21.4 Å². The van der Waals surface area contributed by atoms with E-state index in [-0.39, 0.29) is 10.7 Å². The molecule has 0 saturated heterocycles. The Hall–Kier alpha value is -4.08. The molecule has 0 saturated carbocycles. The first-order valence-electron chi connectivity index (χ1n) is 11.6. The number of methoxy groups -OCH3 is 1. The van der Waals surface area contributed by atoms with E-state index in [2.05, 4.69) is 28.7 Å². The number of ether oxygens (including phenoxy) is 2. The monoisotopic (exact) mass is 551 g/mol. The quantitative estimate of drug-likeness (QED) is 0.221. The average molecular weight is 552 g/mol. The molecule has 38 heavy (non-hydrogen) atoms. The molecule has 8 nitrogen and oxygen atoms in total. The first-order valence-corrected chi connectivity index (χ1v) is 13.8. The van der Waals surface area contributed by atoms with Gasteiger partial charge < -0.3 is 9.47 Å². The van der Waals surface area contributed by atoms with E-state index in [1.807, 2.05) is 36.4 Å². The number of nitrogens with zero attached hydrogens (tertiary/aromatic N) is 2. The maximum Gasteiger partial charge on any atom is 0.260 e. The molecule has 0 spiro atoms. The Balaban J connectivity index is 1.34. The van der Waals surface area contributed by atoms with Gasteiger partial charge in [-0.2, -0.15) is 5.10 Å². The highest BCUT2D eigenvalue weighted by Crippen LogP contribution is 2.30. The van der Waals surface area contributed by atoms with Crippen LogP contribution in [0.5, 0.6) is 11.5 Å². The molecule has 1 amide bonds. The lowest BCUT2D eigenvalue weighted by molar-refractivity contribution is -0.119. The van der Waals surface area contributed by atoms with Gasteiger partial charge in [0.05, 0.1) is 30.3 Å². The minimum Gasteiger partial charge on any atom is -0.495 e. The molecular weight excluding hydrogens is 526 g/mol. The SMILES string of the molecule is COc1ccc(N(CC(=O)N/N=C\c2ccc(OCc3cccc4ccccc34)cc2)S(C)(=O)=O)cc1Cl. The molecule has 4 aromatic carbocycles. The Kier molecular flexibility index (Phi) is 8.50. The van der Waals surface area contributed by atoms with E-state index in [1.165, 1.54) is 31.5 Å². The topological polar surface area (TPSA) is 97.3 Å². The van der Waals surface area contributed by atoms with Crippen molar-refractivity contribution in [3.63, 3.8) is 0 Å². The summed E-state index contributed by atoms with van der Waals surface area (Å²) in [6, 6.07) is 26.0. The van der Waals surface area contributed by atoms with Crippen LogP contribution < -0.4 is 19.2 Å². The highest BCUT2D eigenvalue weighted by atomic mass is 35.5. The van der Waals surface area contributed by atoms with Gasteiger partial charge in [0, 0.05) is 0 Å². The highest BCUT2D eigenvalue weighted by molar-refractivity contribution is 7.92. The van der Waals surface area contributed by atoms with Crippen molar-refractivity contribution in [3.8, 4) is 11.5 Å². The van der Waals surface area contributed by atoms with Gasteiger partial charge in [-0.1, -0.05) is 54.1 Å². The fraction of sp³-hybridized carbons (Fsp3) is 0.143. The molecule has 0 bridgehead atoms. The van der Waals surface area contributed by atoms with Crippen molar-refractivity contribution in [3.05, 3.63) is 101 Å². The Morgan fingerprint density at radius 2 is 1.76 bits per heavy atom. The number of anilines is 1. The summed E-state index contributed by atoms with van der Waals surface area (Å²) in [5, 5.41) is 6.48. The number of sulfonamides is 1. The molecule has 0 fully saturated rings. The molecule has 0 atom stereocenters. The van der Waals surface area contributed by atoms with Crippen molar-refractivity contribution in [2.24, 2.45) is 5.10 Å². The zero-order valence-electron chi connectivity index (χ0n) is 20.8. The number of rotatable bonds is 10. The van der Waals surface area contributed by atoms with Crippen LogP contribution in [0.25, 0.3) is 10.8 Å². The van der Waals surface area contributed by atoms with Gasteiger partial charge in [-0.15, -0.1) is 0 Å². The summed E-state index contributed by atoms with van der Waals surface area (Å²) in [4.78, 5) is 12.4. The zero-order chi connectivity index (χ0) is 27.1. The number of hydrazone groups is 1. The van der Waals surface area contributed by atoms with Crippen molar-refractivity contribution in [1.29, 1.82) is 0 Å². The first-order chi connectivity index (χ1) is 18.2. The number of hydrogen-bond acceptors (Lipinski definition) is 6. The Bertz CT molecular complexity index is 1570. The minimum absolute atomic E-state index is 0.224. The van der Waals surface area contributed by atoms with Crippen LogP contribution in [0.1, 0.15) is 11.1 Å². The van der Waals surface area contributed by atoms with Gasteiger partial charge in [0.15, 0.2) is 0 Å². The van der Waals surface area contributed by atoms with Crippen LogP contribution in [0.3, 0.4) is 0 Å². The van der Waals surface area contributed by atoms with Crippen molar-refractivity contribution < 1.29 is 22.7 Å². The molecule has 0 radical (unpaired) electrons. The van der Waals surface area contributed by atoms with Crippen LogP contribution in [-0.4, -0.2) is 40.4 Å². The fourth-order valence-electron chi connectivity index (χ4n) is 3.78. The Morgan fingerprint density at radius 1 is 1.03 bits per heavy atom. The van der Waals surface area contributed by atoms with Crippen molar-refractivity contribution in [2.75, 3.05) is 24.2 Å². The van der Waals surface area contributed by atoms with Gasteiger partial charge in [0.1, 0.15) is 24.7 Å². The maximum absolute atomic E-state index is 12.4. The lowest BCUT2D eigenvalue weighted by Crippen LogP contribution is -2.39. The van der Waals surface area contributed by atoms with Gasteiger partial charge in [0.25, 0.3) is 5.91 Å². The van der Waals surface area contributed by atoms with Crippen molar-refractivity contribution >= 4 is 50.2 Å². The number of halogens is 1. The number of amides is 1. The van der Waals surface area contributed by atoms with Crippen LogP contribution in [0.2, 0.25) is 5.02 Å². The summed E-state index contributed by atoms with van der Waals surface area (Å²) >= 11 is 6.12. The molecule has 1 N–H and O–H groups in total. The third kappa shape index (κ3) is 6.81. The van der Waals surface area contributed by atoms with Crippen LogP contribution in [0, 0.1) is 0 Å². The van der Waals surface area contributed by atoms with Gasteiger partial charge in [-0.25, -0.2) is 13.8 Å². The van der Waals surface area contributed by atoms with E-state index < -0.39 is 22.5 Å². The van der Waals surface area contributed by atoms with Gasteiger partial charge in [0.2, 0.25) is 10.0 Å². The van der Waals surface area contributed by atoms with Gasteiger partial charge >= 0.3 is 0 Å². The smallest absolute Gasteiger partial charge is 0.260 e. The number of nitrogens with one attached hydrogen (secondary N) is 1. The Labute approximate surface area is 226 Å². The lowest BCUT2D eigenvalue weighted by Gasteiger charge is -2.21. The van der Waals surface area contributed by atoms with E-state index in [9.17, 15) is 13.2 Å². The number of hydrogen-bond donors (Lipinski definition) is 1. The van der Waals surface area contributed by atoms with Gasteiger partial charge in [-0.3, -0.25) is 9.10 Å². The summed E-state index contributed by atoms with van der Waals surface area (Å²) in [5.41, 5.74) is 4.41. The number of fused-ring (bicyclic) bond motifs is 1. The van der Waals surface area contributed by atoms with E-state index in [0.29, 0.717) is 18.1 Å². The normalized spacial score (nSPS) is 11.4. The second kappa shape index (κ2) is 12.0. The molecular formula is C28H26ClN3O5S. The van der Waals surface area contributed by atoms with Crippen molar-refractivity contribution in [2.45, 2.75) is 6.61 Å². The summed E-state index contributed by atoms with van der Waals surface area (Å²) in [6.07, 6.45) is 2.47. The molecule has 0 unspecified atom stereocenters.